The molecule has 0 aromatic heterocycles. The van der Waals surface area contributed by atoms with Crippen molar-refractivity contribution in [3.63, 3.8) is 0 Å². The molecule has 0 bridgehead atoms. The number of nitrogen functional groups attached to an aromatic ring is 1. The predicted octanol–water partition coefficient (Wildman–Crippen LogP) is 4.06. The number of hydrogen-bond donors (Lipinski definition) is 1. The Bertz CT molecular complexity index is 553. The van der Waals surface area contributed by atoms with Gasteiger partial charge >= 0.3 is 0 Å². The smallest absolute Gasteiger partial charge is 0.0344 e. The Morgan fingerprint density at radius 2 is 1.65 bits per heavy atom. The van der Waals surface area contributed by atoms with Gasteiger partial charge in [0, 0.05) is 5.69 Å². The quantitative estimate of drug-likeness (QED) is 0.603. The Hall–Kier alpha value is -2.02. The first-order valence-corrected chi connectivity index (χ1v) is 5.76. The van der Waals surface area contributed by atoms with Gasteiger partial charge in [-0.05, 0) is 48.2 Å². The number of aryl methyl sites for hydroxylation is 2. The number of benzene rings is 2. The third-order valence-corrected chi connectivity index (χ3v) is 2.94. The van der Waals surface area contributed by atoms with Gasteiger partial charge in [0.15, 0.2) is 0 Å². The molecular formula is C16H17N. The van der Waals surface area contributed by atoms with E-state index in [1.54, 1.807) is 0 Å². The van der Waals surface area contributed by atoms with Gasteiger partial charge in [-0.2, -0.15) is 0 Å². The predicted molar refractivity (Wildman–Crippen MR) is 75.7 cm³/mol. The molecule has 2 N–H and O–H groups in total. The second-order valence-electron chi connectivity index (χ2n) is 4.31. The van der Waals surface area contributed by atoms with Crippen molar-refractivity contribution in [2.24, 2.45) is 0 Å². The SMILES string of the molecule is Cc1cc(C=Cc2ccccc2C)ccc1N. The lowest BCUT2D eigenvalue weighted by Crippen LogP contribution is -1.88. The van der Waals surface area contributed by atoms with Crippen LogP contribution in [0.15, 0.2) is 42.5 Å². The highest BCUT2D eigenvalue weighted by molar-refractivity contribution is 5.72. The maximum Gasteiger partial charge on any atom is 0.0344 e. The van der Waals surface area contributed by atoms with E-state index in [2.05, 4.69) is 49.4 Å². The zero-order valence-corrected chi connectivity index (χ0v) is 10.3. The van der Waals surface area contributed by atoms with Crippen LogP contribution in [0.4, 0.5) is 5.69 Å². The molecule has 0 radical (unpaired) electrons. The van der Waals surface area contributed by atoms with Gasteiger partial charge in [0.1, 0.15) is 0 Å². The molecule has 0 saturated carbocycles. The zero-order valence-electron chi connectivity index (χ0n) is 10.3. The Morgan fingerprint density at radius 1 is 0.882 bits per heavy atom. The molecule has 1 heteroatoms. The molecule has 1 nitrogen and oxygen atoms in total. The minimum absolute atomic E-state index is 0.845. The van der Waals surface area contributed by atoms with Crippen LogP contribution in [0.25, 0.3) is 12.2 Å². The normalized spacial score (nSPS) is 10.9. The van der Waals surface area contributed by atoms with Crippen molar-refractivity contribution in [1.29, 1.82) is 0 Å². The van der Waals surface area contributed by atoms with Gasteiger partial charge in [-0.15, -0.1) is 0 Å². The van der Waals surface area contributed by atoms with Crippen LogP contribution in [0.5, 0.6) is 0 Å². The molecular weight excluding hydrogens is 206 g/mol. The summed E-state index contributed by atoms with van der Waals surface area (Å²) in [4.78, 5) is 0. The van der Waals surface area contributed by atoms with Gasteiger partial charge in [0.25, 0.3) is 0 Å². The molecule has 86 valence electrons. The van der Waals surface area contributed by atoms with Crippen molar-refractivity contribution in [3.8, 4) is 0 Å². The van der Waals surface area contributed by atoms with Crippen LogP contribution in [0.1, 0.15) is 22.3 Å². The third kappa shape index (κ3) is 2.76. The second-order valence-corrected chi connectivity index (χ2v) is 4.31. The minimum atomic E-state index is 0.845. The molecule has 0 aliphatic heterocycles. The largest absolute Gasteiger partial charge is 0.399 e. The first-order chi connectivity index (χ1) is 8.16. The van der Waals surface area contributed by atoms with Crippen LogP contribution >= 0.6 is 0 Å². The minimum Gasteiger partial charge on any atom is -0.399 e. The van der Waals surface area contributed by atoms with Crippen LogP contribution in [0.2, 0.25) is 0 Å². The van der Waals surface area contributed by atoms with Crippen molar-refractivity contribution in [2.45, 2.75) is 13.8 Å². The van der Waals surface area contributed by atoms with Gasteiger partial charge in [0.05, 0.1) is 0 Å². The van der Waals surface area contributed by atoms with E-state index in [1.807, 2.05) is 19.1 Å². The van der Waals surface area contributed by atoms with E-state index >= 15 is 0 Å². The topological polar surface area (TPSA) is 26.0 Å². The first-order valence-electron chi connectivity index (χ1n) is 5.76. The lowest BCUT2D eigenvalue weighted by Gasteiger charge is -2.02. The molecule has 0 unspecified atom stereocenters. The van der Waals surface area contributed by atoms with Gasteiger partial charge < -0.3 is 5.73 Å². The number of anilines is 1. The van der Waals surface area contributed by atoms with E-state index in [-0.39, 0.29) is 0 Å². The van der Waals surface area contributed by atoms with Crippen LogP contribution in [-0.4, -0.2) is 0 Å². The molecule has 2 aromatic carbocycles. The molecule has 0 spiro atoms. The summed E-state index contributed by atoms with van der Waals surface area (Å²) in [7, 11) is 0. The third-order valence-electron chi connectivity index (χ3n) is 2.94. The summed E-state index contributed by atoms with van der Waals surface area (Å²) >= 11 is 0. The summed E-state index contributed by atoms with van der Waals surface area (Å²) in [6.07, 6.45) is 4.26. The van der Waals surface area contributed by atoms with Crippen molar-refractivity contribution in [1.82, 2.24) is 0 Å². The molecule has 0 aliphatic rings. The summed E-state index contributed by atoms with van der Waals surface area (Å²) in [6, 6.07) is 14.4. The van der Waals surface area contributed by atoms with E-state index in [4.69, 9.17) is 5.73 Å². The summed E-state index contributed by atoms with van der Waals surface area (Å²) in [5.41, 5.74) is 11.5. The van der Waals surface area contributed by atoms with Gasteiger partial charge in [-0.3, -0.25) is 0 Å². The molecule has 0 atom stereocenters. The van der Waals surface area contributed by atoms with E-state index in [0.29, 0.717) is 0 Å². The van der Waals surface area contributed by atoms with E-state index in [9.17, 15) is 0 Å². The van der Waals surface area contributed by atoms with Gasteiger partial charge in [0.2, 0.25) is 0 Å². The maximum atomic E-state index is 5.80. The van der Waals surface area contributed by atoms with Crippen molar-refractivity contribution < 1.29 is 0 Å². The van der Waals surface area contributed by atoms with Crippen LogP contribution in [0.3, 0.4) is 0 Å². The lowest BCUT2D eigenvalue weighted by atomic mass is 10.1. The standard InChI is InChI=1S/C16H17N/c1-12-5-3-4-6-15(12)9-7-14-8-10-16(17)13(2)11-14/h3-11H,17H2,1-2H3. The summed E-state index contributed by atoms with van der Waals surface area (Å²) in [5.74, 6) is 0. The molecule has 2 rings (SSSR count). The molecule has 17 heavy (non-hydrogen) atoms. The highest BCUT2D eigenvalue weighted by atomic mass is 14.5. The second kappa shape index (κ2) is 4.88. The first kappa shape index (κ1) is 11.5. The van der Waals surface area contributed by atoms with E-state index in [1.165, 1.54) is 16.7 Å². The summed E-state index contributed by atoms with van der Waals surface area (Å²) in [5, 5.41) is 0. The van der Waals surface area contributed by atoms with Crippen molar-refractivity contribution in [3.05, 3.63) is 64.7 Å². The molecule has 0 amide bonds. The Labute approximate surface area is 103 Å². The Morgan fingerprint density at radius 3 is 2.35 bits per heavy atom. The molecule has 0 fully saturated rings. The van der Waals surface area contributed by atoms with Crippen LogP contribution in [-0.2, 0) is 0 Å². The van der Waals surface area contributed by atoms with Crippen molar-refractivity contribution in [2.75, 3.05) is 5.73 Å². The fourth-order valence-corrected chi connectivity index (χ4v) is 1.76. The van der Waals surface area contributed by atoms with Gasteiger partial charge in [-0.1, -0.05) is 42.5 Å². The number of hydrogen-bond acceptors (Lipinski definition) is 1. The molecule has 0 heterocycles. The highest BCUT2D eigenvalue weighted by Gasteiger charge is 1.94. The monoisotopic (exact) mass is 223 g/mol. The number of nitrogens with two attached hydrogens (primary N) is 1. The number of rotatable bonds is 2. The lowest BCUT2D eigenvalue weighted by molar-refractivity contribution is 1.44. The Balaban J connectivity index is 2.26. The average Bonchev–Trinajstić information content (AvgIpc) is 2.32. The van der Waals surface area contributed by atoms with Crippen LogP contribution < -0.4 is 5.73 Å². The molecule has 0 aliphatic carbocycles. The fraction of sp³-hybridized carbons (Fsp3) is 0.125. The zero-order chi connectivity index (χ0) is 12.3. The van der Waals surface area contributed by atoms with Crippen LogP contribution in [0, 0.1) is 13.8 Å². The fourth-order valence-electron chi connectivity index (χ4n) is 1.76. The average molecular weight is 223 g/mol. The maximum absolute atomic E-state index is 5.80. The van der Waals surface area contributed by atoms with E-state index < -0.39 is 0 Å². The van der Waals surface area contributed by atoms with E-state index in [0.717, 1.165) is 11.3 Å². The summed E-state index contributed by atoms with van der Waals surface area (Å²) < 4.78 is 0. The highest BCUT2D eigenvalue weighted by Crippen LogP contribution is 2.16. The van der Waals surface area contributed by atoms with Crippen molar-refractivity contribution >= 4 is 17.8 Å². The summed E-state index contributed by atoms with van der Waals surface area (Å²) in [6.45, 7) is 4.15. The molecule has 0 saturated heterocycles. The Kier molecular flexibility index (Phi) is 3.29. The van der Waals surface area contributed by atoms with Gasteiger partial charge in [-0.25, -0.2) is 0 Å². The molecule has 2 aromatic rings.